The summed E-state index contributed by atoms with van der Waals surface area (Å²) in [5.74, 6) is 0.275. The number of ether oxygens (including phenoxy) is 1. The molecule has 2 atom stereocenters. The predicted molar refractivity (Wildman–Crippen MR) is 69.5 cm³/mol. The number of carbonyl (C=O) groups excluding carboxylic acids is 1. The lowest BCUT2D eigenvalue weighted by Gasteiger charge is -2.29. The fraction of sp³-hybridized carbons (Fsp3) is 0.917. The van der Waals surface area contributed by atoms with Crippen LogP contribution in [-0.4, -0.2) is 49.2 Å². The van der Waals surface area contributed by atoms with Gasteiger partial charge >= 0.3 is 0 Å². The molecule has 2 saturated heterocycles. The van der Waals surface area contributed by atoms with Crippen molar-refractivity contribution in [3.8, 4) is 0 Å². The lowest BCUT2D eigenvalue weighted by molar-refractivity contribution is -0.134. The summed E-state index contributed by atoms with van der Waals surface area (Å²) in [6.07, 6.45) is 4.50. The summed E-state index contributed by atoms with van der Waals surface area (Å²) in [4.78, 5) is 14.2. The fourth-order valence-electron chi connectivity index (χ4n) is 2.48. The van der Waals surface area contributed by atoms with Crippen molar-refractivity contribution in [2.24, 2.45) is 0 Å². The summed E-state index contributed by atoms with van der Waals surface area (Å²) in [7, 11) is 0. The second kappa shape index (κ2) is 7.19. The molecule has 0 spiro atoms. The lowest BCUT2D eigenvalue weighted by atomic mass is 10.0. The van der Waals surface area contributed by atoms with Gasteiger partial charge in [0, 0.05) is 19.7 Å². The van der Waals surface area contributed by atoms with Gasteiger partial charge in [-0.05, 0) is 32.7 Å². The topological polar surface area (TPSA) is 41.6 Å². The maximum Gasteiger partial charge on any atom is 0.239 e. The third-order valence-corrected chi connectivity index (χ3v) is 3.37. The smallest absolute Gasteiger partial charge is 0.239 e. The van der Waals surface area contributed by atoms with E-state index in [1.807, 2.05) is 11.8 Å². The van der Waals surface area contributed by atoms with E-state index >= 15 is 0 Å². The van der Waals surface area contributed by atoms with Crippen molar-refractivity contribution in [1.82, 2.24) is 10.2 Å². The molecule has 2 rings (SSSR count). The van der Waals surface area contributed by atoms with Crippen LogP contribution in [-0.2, 0) is 9.53 Å². The van der Waals surface area contributed by atoms with Gasteiger partial charge in [-0.2, -0.15) is 0 Å². The number of rotatable bonds is 1. The summed E-state index contributed by atoms with van der Waals surface area (Å²) < 4.78 is 5.56. The van der Waals surface area contributed by atoms with Crippen molar-refractivity contribution in [3.05, 3.63) is 0 Å². The summed E-state index contributed by atoms with van der Waals surface area (Å²) in [6, 6.07) is 0.0547. The third-order valence-electron chi connectivity index (χ3n) is 3.37. The van der Waals surface area contributed by atoms with Crippen LogP contribution in [0.25, 0.3) is 0 Å². The maximum absolute atomic E-state index is 12.3. The first-order valence-corrected chi connectivity index (χ1v) is 6.41. The number of hydrogen-bond donors (Lipinski definition) is 1. The summed E-state index contributed by atoms with van der Waals surface area (Å²) in [5.41, 5.74) is 0. The van der Waals surface area contributed by atoms with E-state index in [0.29, 0.717) is 0 Å². The highest BCUT2D eigenvalue weighted by Gasteiger charge is 2.27. The Labute approximate surface area is 109 Å². The first-order valence-electron chi connectivity index (χ1n) is 6.41. The van der Waals surface area contributed by atoms with Gasteiger partial charge in [0.05, 0.1) is 12.1 Å². The number of halogens is 1. The first kappa shape index (κ1) is 14.7. The third kappa shape index (κ3) is 4.12. The number of carbonyl (C=O) groups is 1. The van der Waals surface area contributed by atoms with E-state index in [9.17, 15) is 4.79 Å². The Bertz CT molecular complexity index is 245. The first-order chi connectivity index (χ1) is 7.77. The molecular formula is C12H23ClN2O2. The van der Waals surface area contributed by atoms with Crippen LogP contribution in [0.2, 0.25) is 0 Å². The molecule has 2 aliphatic rings. The number of nitrogens with one attached hydrogen (secondary N) is 1. The number of piperidine rings is 1. The average molecular weight is 263 g/mol. The van der Waals surface area contributed by atoms with E-state index in [2.05, 4.69) is 5.32 Å². The largest absolute Gasteiger partial charge is 0.377 e. The van der Waals surface area contributed by atoms with Crippen LogP contribution in [0.5, 0.6) is 0 Å². The van der Waals surface area contributed by atoms with Gasteiger partial charge in [-0.25, -0.2) is 0 Å². The summed E-state index contributed by atoms with van der Waals surface area (Å²) >= 11 is 0. The van der Waals surface area contributed by atoms with Gasteiger partial charge in [0.1, 0.15) is 0 Å². The Kier molecular flexibility index (Phi) is 6.23. The second-order valence-corrected chi connectivity index (χ2v) is 4.82. The molecule has 0 bridgehead atoms. The molecule has 2 fully saturated rings. The van der Waals surface area contributed by atoms with E-state index in [4.69, 9.17) is 4.74 Å². The molecule has 0 aromatic heterocycles. The summed E-state index contributed by atoms with van der Waals surface area (Å²) in [6.45, 7) is 5.40. The highest BCUT2D eigenvalue weighted by atomic mass is 35.5. The van der Waals surface area contributed by atoms with Crippen LogP contribution in [0.1, 0.15) is 32.6 Å². The zero-order valence-corrected chi connectivity index (χ0v) is 11.3. The van der Waals surface area contributed by atoms with Crippen molar-refractivity contribution in [2.75, 3.05) is 26.2 Å². The number of amides is 1. The Morgan fingerprint density at radius 2 is 2.18 bits per heavy atom. The maximum atomic E-state index is 12.3. The van der Waals surface area contributed by atoms with Crippen molar-refractivity contribution >= 4 is 18.3 Å². The standard InChI is InChI=1S/C12H22N2O2.ClH/c1-10-9-14(7-4-8-16-10)12(15)11-5-2-3-6-13-11;/h10-11,13H,2-9H2,1H3;1H/t10?,11-;/m1./s1. The van der Waals surface area contributed by atoms with Gasteiger partial charge in [-0.15, -0.1) is 12.4 Å². The highest BCUT2D eigenvalue weighted by molar-refractivity contribution is 5.85. The van der Waals surface area contributed by atoms with Crippen LogP contribution in [0.4, 0.5) is 0 Å². The monoisotopic (exact) mass is 262 g/mol. The second-order valence-electron chi connectivity index (χ2n) is 4.82. The van der Waals surface area contributed by atoms with E-state index in [-0.39, 0.29) is 30.5 Å². The zero-order valence-electron chi connectivity index (χ0n) is 10.5. The minimum Gasteiger partial charge on any atom is -0.377 e. The number of nitrogens with zero attached hydrogens (tertiary/aromatic N) is 1. The molecule has 100 valence electrons. The average Bonchev–Trinajstić information content (AvgIpc) is 2.54. The fourth-order valence-corrected chi connectivity index (χ4v) is 2.48. The van der Waals surface area contributed by atoms with Gasteiger partial charge in [-0.3, -0.25) is 4.79 Å². The van der Waals surface area contributed by atoms with Crippen LogP contribution in [0.15, 0.2) is 0 Å². The van der Waals surface area contributed by atoms with Crippen LogP contribution in [0.3, 0.4) is 0 Å². The van der Waals surface area contributed by atoms with Crippen molar-refractivity contribution in [3.63, 3.8) is 0 Å². The van der Waals surface area contributed by atoms with E-state index in [0.717, 1.165) is 39.1 Å². The van der Waals surface area contributed by atoms with Gasteiger partial charge in [0.2, 0.25) is 5.91 Å². The van der Waals surface area contributed by atoms with Gasteiger partial charge in [0.15, 0.2) is 0 Å². The van der Waals surface area contributed by atoms with E-state index < -0.39 is 0 Å². The normalized spacial score (nSPS) is 30.3. The van der Waals surface area contributed by atoms with E-state index in [1.54, 1.807) is 0 Å². The molecule has 2 heterocycles. The molecule has 5 heteroatoms. The Balaban J connectivity index is 0.00000144. The van der Waals surface area contributed by atoms with Crippen LogP contribution >= 0.6 is 12.4 Å². The van der Waals surface area contributed by atoms with Gasteiger partial charge < -0.3 is 15.0 Å². The molecular weight excluding hydrogens is 240 g/mol. The molecule has 1 amide bonds. The number of hydrogen-bond acceptors (Lipinski definition) is 3. The lowest BCUT2D eigenvalue weighted by Crippen LogP contribution is -2.49. The van der Waals surface area contributed by atoms with Crippen molar-refractivity contribution in [2.45, 2.75) is 44.8 Å². The quantitative estimate of drug-likeness (QED) is 0.772. The Morgan fingerprint density at radius 3 is 2.88 bits per heavy atom. The van der Waals surface area contributed by atoms with Crippen LogP contribution in [0, 0.1) is 0 Å². The molecule has 0 radical (unpaired) electrons. The minimum absolute atomic E-state index is 0. The molecule has 17 heavy (non-hydrogen) atoms. The molecule has 0 saturated carbocycles. The molecule has 4 nitrogen and oxygen atoms in total. The van der Waals surface area contributed by atoms with Gasteiger partial charge in [0.25, 0.3) is 0 Å². The van der Waals surface area contributed by atoms with Crippen LogP contribution < -0.4 is 5.32 Å². The van der Waals surface area contributed by atoms with Gasteiger partial charge in [-0.1, -0.05) is 6.42 Å². The molecule has 0 aromatic carbocycles. The minimum atomic E-state index is 0. The molecule has 1 N–H and O–H groups in total. The zero-order chi connectivity index (χ0) is 11.4. The predicted octanol–water partition coefficient (Wildman–Crippen LogP) is 1.19. The Hall–Kier alpha value is -0.320. The molecule has 0 aliphatic carbocycles. The molecule has 0 aromatic rings. The SMILES string of the molecule is CC1CN(C(=O)[C@H]2CCCCN2)CCCO1.Cl. The Morgan fingerprint density at radius 1 is 1.35 bits per heavy atom. The van der Waals surface area contributed by atoms with E-state index in [1.165, 1.54) is 12.8 Å². The van der Waals surface area contributed by atoms with Crippen molar-refractivity contribution in [1.29, 1.82) is 0 Å². The molecule has 1 unspecified atom stereocenters. The van der Waals surface area contributed by atoms with Crippen molar-refractivity contribution < 1.29 is 9.53 Å². The summed E-state index contributed by atoms with van der Waals surface area (Å²) in [5, 5.41) is 3.32. The molecule has 2 aliphatic heterocycles. The highest BCUT2D eigenvalue weighted by Crippen LogP contribution is 2.12.